The molecule has 0 radical (unpaired) electrons. The van der Waals surface area contributed by atoms with Gasteiger partial charge < -0.3 is 19.3 Å². The molecule has 2 aromatic rings. The van der Waals surface area contributed by atoms with Gasteiger partial charge in [0.25, 0.3) is 0 Å². The fourth-order valence-corrected chi connectivity index (χ4v) is 2.93. The highest BCUT2D eigenvalue weighted by molar-refractivity contribution is 6.62. The van der Waals surface area contributed by atoms with Gasteiger partial charge >= 0.3 is 7.12 Å². The lowest BCUT2D eigenvalue weighted by Crippen LogP contribution is -2.33. The van der Waals surface area contributed by atoms with E-state index in [1.165, 1.54) is 0 Å². The molecule has 0 spiro atoms. The molecule has 5 heteroatoms. The predicted octanol–water partition coefficient (Wildman–Crippen LogP) is 1.96. The van der Waals surface area contributed by atoms with E-state index in [1.54, 1.807) is 0 Å². The summed E-state index contributed by atoms with van der Waals surface area (Å²) in [6.07, 6.45) is 0.334. The van der Waals surface area contributed by atoms with Crippen molar-refractivity contribution in [3.8, 4) is 0 Å². The Morgan fingerprint density at radius 3 is 2.71 bits per heavy atom. The molecule has 0 amide bonds. The third-order valence-corrected chi connectivity index (χ3v) is 4.26. The van der Waals surface area contributed by atoms with Crippen molar-refractivity contribution in [2.45, 2.75) is 19.1 Å². The summed E-state index contributed by atoms with van der Waals surface area (Å²) in [5, 5.41) is 10.6. The lowest BCUT2D eigenvalue weighted by Gasteiger charge is -2.14. The zero-order valence-electron chi connectivity index (χ0n) is 14.3. The smallest absolute Gasteiger partial charge is 0.407 e. The third-order valence-electron chi connectivity index (χ3n) is 4.26. The van der Waals surface area contributed by atoms with E-state index in [2.05, 4.69) is 19.0 Å². The van der Waals surface area contributed by atoms with E-state index < -0.39 is 6.10 Å². The molecule has 1 atom stereocenters. The van der Waals surface area contributed by atoms with E-state index in [1.807, 2.05) is 48.5 Å². The second kappa shape index (κ2) is 7.95. The van der Waals surface area contributed by atoms with Crippen molar-refractivity contribution >= 4 is 12.6 Å². The highest BCUT2D eigenvalue weighted by Gasteiger charge is 2.31. The van der Waals surface area contributed by atoms with Crippen LogP contribution in [0.4, 0.5) is 0 Å². The fourth-order valence-electron chi connectivity index (χ4n) is 2.93. The molecular weight excluding hydrogens is 301 g/mol. The molecule has 0 saturated carbocycles. The van der Waals surface area contributed by atoms with Gasteiger partial charge in [0.1, 0.15) is 6.10 Å². The maximum atomic E-state index is 10.6. The monoisotopic (exact) mass is 325 g/mol. The zero-order valence-corrected chi connectivity index (χ0v) is 14.3. The van der Waals surface area contributed by atoms with Gasteiger partial charge in [-0.05, 0) is 49.2 Å². The Kier molecular flexibility index (Phi) is 5.69. The van der Waals surface area contributed by atoms with Crippen LogP contribution in [0, 0.1) is 0 Å². The molecule has 0 bridgehead atoms. The number of rotatable bonds is 7. The van der Waals surface area contributed by atoms with Crippen molar-refractivity contribution in [1.29, 1.82) is 0 Å². The van der Waals surface area contributed by atoms with Crippen molar-refractivity contribution in [2.24, 2.45) is 0 Å². The molecule has 0 aromatic heterocycles. The minimum atomic E-state index is -0.633. The molecule has 24 heavy (non-hydrogen) atoms. The summed E-state index contributed by atoms with van der Waals surface area (Å²) >= 11 is 0. The average Bonchev–Trinajstić information content (AvgIpc) is 3.01. The molecule has 3 rings (SSSR count). The summed E-state index contributed by atoms with van der Waals surface area (Å²) in [6.45, 7) is 2.22. The fraction of sp³-hybridized carbons (Fsp3) is 0.368. The SMILES string of the molecule is CN(C)CCCOB1OCc2ccc(C(O)c3ccccc3)cc21. The second-order valence-electron chi connectivity index (χ2n) is 6.44. The Labute approximate surface area is 144 Å². The van der Waals surface area contributed by atoms with E-state index in [9.17, 15) is 5.11 Å². The van der Waals surface area contributed by atoms with Crippen LogP contribution in [0.2, 0.25) is 0 Å². The Balaban J connectivity index is 1.69. The molecule has 1 N–H and O–H groups in total. The van der Waals surface area contributed by atoms with Gasteiger partial charge in [0.2, 0.25) is 0 Å². The van der Waals surface area contributed by atoms with Crippen LogP contribution < -0.4 is 5.46 Å². The van der Waals surface area contributed by atoms with Gasteiger partial charge in [0.05, 0.1) is 6.61 Å². The molecule has 0 aliphatic carbocycles. The van der Waals surface area contributed by atoms with Gasteiger partial charge in [0, 0.05) is 6.61 Å². The number of fused-ring (bicyclic) bond motifs is 1. The summed E-state index contributed by atoms with van der Waals surface area (Å²) < 4.78 is 11.6. The normalized spacial score (nSPS) is 14.9. The number of aliphatic hydroxyl groups excluding tert-OH is 1. The summed E-state index contributed by atoms with van der Waals surface area (Å²) in [6, 6.07) is 15.7. The van der Waals surface area contributed by atoms with Gasteiger partial charge in [-0.2, -0.15) is 0 Å². The minimum absolute atomic E-state index is 0.329. The topological polar surface area (TPSA) is 41.9 Å². The van der Waals surface area contributed by atoms with Crippen molar-refractivity contribution < 1.29 is 14.4 Å². The van der Waals surface area contributed by atoms with Gasteiger partial charge in [-0.3, -0.25) is 0 Å². The summed E-state index contributed by atoms with van der Waals surface area (Å²) in [5.41, 5.74) is 3.93. The van der Waals surface area contributed by atoms with Crippen molar-refractivity contribution in [3.63, 3.8) is 0 Å². The van der Waals surface area contributed by atoms with Crippen LogP contribution in [0.5, 0.6) is 0 Å². The molecule has 4 nitrogen and oxygen atoms in total. The highest BCUT2D eigenvalue weighted by atomic mass is 16.6. The molecule has 1 aliphatic rings. The Bertz CT molecular complexity index is 663. The summed E-state index contributed by atoms with van der Waals surface area (Å²) in [4.78, 5) is 2.14. The van der Waals surface area contributed by atoms with Crippen molar-refractivity contribution in [3.05, 3.63) is 65.2 Å². The predicted molar refractivity (Wildman–Crippen MR) is 96.2 cm³/mol. The number of hydrogen-bond donors (Lipinski definition) is 1. The zero-order chi connectivity index (χ0) is 16.9. The van der Waals surface area contributed by atoms with Crippen molar-refractivity contribution in [2.75, 3.05) is 27.2 Å². The molecule has 0 saturated heterocycles. The first-order valence-electron chi connectivity index (χ1n) is 8.39. The first-order valence-corrected chi connectivity index (χ1v) is 8.39. The Morgan fingerprint density at radius 2 is 1.96 bits per heavy atom. The van der Waals surface area contributed by atoms with E-state index >= 15 is 0 Å². The van der Waals surface area contributed by atoms with Crippen molar-refractivity contribution in [1.82, 2.24) is 4.90 Å². The average molecular weight is 325 g/mol. The van der Waals surface area contributed by atoms with Gasteiger partial charge in [-0.1, -0.05) is 48.5 Å². The first kappa shape index (κ1) is 17.2. The largest absolute Gasteiger partial charge is 0.494 e. The quantitative estimate of drug-likeness (QED) is 0.624. The molecule has 126 valence electrons. The van der Waals surface area contributed by atoms with Gasteiger partial charge in [-0.25, -0.2) is 0 Å². The minimum Gasteiger partial charge on any atom is -0.407 e. The number of nitrogens with zero attached hydrogens (tertiary/aromatic N) is 1. The molecule has 2 aromatic carbocycles. The lowest BCUT2D eigenvalue weighted by molar-refractivity contribution is 0.202. The van der Waals surface area contributed by atoms with Crippen LogP contribution in [0.3, 0.4) is 0 Å². The number of aliphatic hydroxyl groups is 1. The van der Waals surface area contributed by atoms with Crippen LogP contribution in [-0.4, -0.2) is 44.4 Å². The van der Waals surface area contributed by atoms with Gasteiger partial charge in [0.15, 0.2) is 0 Å². The van der Waals surface area contributed by atoms with Crippen LogP contribution in [0.1, 0.15) is 29.2 Å². The van der Waals surface area contributed by atoms with Gasteiger partial charge in [-0.15, -0.1) is 0 Å². The maximum absolute atomic E-state index is 10.6. The van der Waals surface area contributed by atoms with Crippen LogP contribution in [0.25, 0.3) is 0 Å². The van der Waals surface area contributed by atoms with Crippen LogP contribution in [0.15, 0.2) is 48.5 Å². The third kappa shape index (κ3) is 4.05. The molecule has 1 heterocycles. The number of hydrogen-bond acceptors (Lipinski definition) is 4. The maximum Gasteiger partial charge on any atom is 0.494 e. The lowest BCUT2D eigenvalue weighted by atomic mass is 9.77. The standard InChI is InChI=1S/C19H24BNO3/c1-21(2)11-6-12-23-20-18-13-16(9-10-17(18)14-24-20)19(22)15-7-4-3-5-8-15/h3-5,7-10,13,19,22H,6,11-12,14H2,1-2H3. The molecule has 0 fully saturated rings. The first-order chi connectivity index (χ1) is 11.6. The van der Waals surface area contributed by atoms with E-state index in [0.29, 0.717) is 13.2 Å². The molecule has 1 unspecified atom stereocenters. The molecular formula is C19H24BNO3. The second-order valence-corrected chi connectivity index (χ2v) is 6.44. The summed E-state index contributed by atoms with van der Waals surface area (Å²) in [5.74, 6) is 0. The number of benzene rings is 2. The van der Waals surface area contributed by atoms with E-state index in [4.69, 9.17) is 9.31 Å². The van der Waals surface area contributed by atoms with Crippen LogP contribution >= 0.6 is 0 Å². The molecule has 1 aliphatic heterocycles. The van der Waals surface area contributed by atoms with Crippen LogP contribution in [-0.2, 0) is 15.9 Å². The Morgan fingerprint density at radius 1 is 1.17 bits per heavy atom. The van der Waals surface area contributed by atoms with E-state index in [-0.39, 0.29) is 7.12 Å². The highest BCUT2D eigenvalue weighted by Crippen LogP contribution is 2.23. The Hall–Kier alpha value is -1.66. The summed E-state index contributed by atoms with van der Waals surface area (Å²) in [7, 11) is 3.78. The van der Waals surface area contributed by atoms with E-state index in [0.717, 1.165) is 35.1 Å².